The lowest BCUT2D eigenvalue weighted by Gasteiger charge is -2.54. The maximum atomic E-state index is 13.8. The van der Waals surface area contributed by atoms with Gasteiger partial charge < -0.3 is 5.11 Å². The van der Waals surface area contributed by atoms with Gasteiger partial charge in [0.15, 0.2) is 9.84 Å². The summed E-state index contributed by atoms with van der Waals surface area (Å²) in [6.45, 7) is 8.94. The zero-order valence-electron chi connectivity index (χ0n) is 23.0. The third-order valence-corrected chi connectivity index (χ3v) is 13.3. The Kier molecular flexibility index (Phi) is 7.26. The van der Waals surface area contributed by atoms with Gasteiger partial charge in [0.25, 0.3) is 0 Å². The molecule has 3 nitrogen and oxygen atoms in total. The minimum atomic E-state index is -3.33. The molecule has 4 aliphatic rings. The molecule has 1 aromatic carbocycles. The maximum Gasteiger partial charge on any atom is 0.181 e. The third kappa shape index (κ3) is 4.86. The molecule has 0 spiro atoms. The predicted octanol–water partition coefficient (Wildman–Crippen LogP) is 7.60. The normalized spacial score (nSPS) is 39.2. The molecule has 4 heteroatoms. The molecule has 8 atom stereocenters. The van der Waals surface area contributed by atoms with E-state index in [1.165, 1.54) is 37.7 Å². The second-order valence-corrected chi connectivity index (χ2v) is 16.0. The number of aliphatic hydroxyl groups is 1. The van der Waals surface area contributed by atoms with Crippen LogP contribution >= 0.6 is 0 Å². The van der Waals surface area contributed by atoms with Gasteiger partial charge in [-0.25, -0.2) is 8.42 Å². The maximum absolute atomic E-state index is 13.8. The first kappa shape index (κ1) is 26.5. The second-order valence-electron chi connectivity index (χ2n) is 13.8. The molecule has 1 aromatic rings. The molecule has 0 aliphatic heterocycles. The highest BCUT2D eigenvalue weighted by atomic mass is 32.2. The molecular weight excluding hydrogens is 464 g/mol. The summed E-state index contributed by atoms with van der Waals surface area (Å²) in [5, 5.41) is 10.4. The zero-order chi connectivity index (χ0) is 25.7. The van der Waals surface area contributed by atoms with Gasteiger partial charge in [0, 0.05) is 0 Å². The van der Waals surface area contributed by atoms with Crippen molar-refractivity contribution in [2.75, 3.05) is 0 Å². The van der Waals surface area contributed by atoms with Crippen LogP contribution in [0.15, 0.2) is 46.9 Å². The lowest BCUT2D eigenvalue weighted by atomic mass is 9.51. The first-order valence-corrected chi connectivity index (χ1v) is 16.3. The summed E-state index contributed by atoms with van der Waals surface area (Å²) in [6, 6.07) is 9.19. The molecule has 36 heavy (non-hydrogen) atoms. The van der Waals surface area contributed by atoms with Gasteiger partial charge >= 0.3 is 0 Å². The van der Waals surface area contributed by atoms with E-state index in [2.05, 4.69) is 26.8 Å². The van der Waals surface area contributed by atoms with Crippen molar-refractivity contribution >= 4 is 9.84 Å². The number of fused-ring (bicyclic) bond motifs is 5. The summed E-state index contributed by atoms with van der Waals surface area (Å²) in [7, 11) is -3.33. The Balaban J connectivity index is 1.36. The molecular formula is C32H48O3S. The Bertz CT molecular complexity index is 1060. The van der Waals surface area contributed by atoms with Gasteiger partial charge in [-0.05, 0) is 131 Å². The molecule has 0 amide bonds. The average Bonchev–Trinajstić information content (AvgIpc) is 3.17. The van der Waals surface area contributed by atoms with E-state index in [0.717, 1.165) is 50.4 Å². The largest absolute Gasteiger partial charge is 0.390 e. The van der Waals surface area contributed by atoms with Crippen molar-refractivity contribution in [3.05, 3.63) is 42.0 Å². The van der Waals surface area contributed by atoms with Crippen molar-refractivity contribution in [1.82, 2.24) is 0 Å². The summed E-state index contributed by atoms with van der Waals surface area (Å²) >= 11 is 0. The van der Waals surface area contributed by atoms with Crippen LogP contribution in [0, 0.1) is 40.9 Å². The molecule has 5 rings (SSSR count). The average molecular weight is 513 g/mol. The number of allylic oxidation sites excluding steroid dienone is 1. The van der Waals surface area contributed by atoms with E-state index < -0.39 is 15.4 Å². The van der Waals surface area contributed by atoms with Crippen LogP contribution in [0.25, 0.3) is 0 Å². The highest BCUT2D eigenvalue weighted by Gasteiger charge is 2.56. The molecule has 0 heterocycles. The van der Waals surface area contributed by atoms with Crippen molar-refractivity contribution < 1.29 is 13.5 Å². The molecule has 200 valence electrons. The van der Waals surface area contributed by atoms with E-state index in [1.807, 2.05) is 25.1 Å². The van der Waals surface area contributed by atoms with Crippen molar-refractivity contribution in [2.24, 2.45) is 40.9 Å². The minimum Gasteiger partial charge on any atom is -0.390 e. The number of rotatable bonds is 7. The Labute approximate surface area is 220 Å². The van der Waals surface area contributed by atoms with Crippen LogP contribution in [-0.4, -0.2) is 24.4 Å². The molecule has 3 fully saturated rings. The van der Waals surface area contributed by atoms with Gasteiger partial charge in [-0.1, -0.05) is 50.6 Å². The van der Waals surface area contributed by atoms with E-state index in [9.17, 15) is 13.5 Å². The van der Waals surface area contributed by atoms with E-state index in [1.54, 1.807) is 12.1 Å². The third-order valence-electron chi connectivity index (χ3n) is 11.0. The SMILES string of the molecule is CC(C)CCC(CC1CCC2C3CC=C4C[C@@](C)(O)CCC4C3CCC12C)S(=O)(=O)c1ccccc1. The Hall–Kier alpha value is -1.13. The van der Waals surface area contributed by atoms with Gasteiger partial charge in [0.1, 0.15) is 0 Å². The first-order chi connectivity index (χ1) is 17.0. The number of hydrogen-bond donors (Lipinski definition) is 1. The van der Waals surface area contributed by atoms with Gasteiger partial charge in [-0.2, -0.15) is 0 Å². The fourth-order valence-corrected chi connectivity index (χ4v) is 10.9. The summed E-state index contributed by atoms with van der Waals surface area (Å²) in [5.74, 6) is 3.90. The van der Waals surface area contributed by atoms with Crippen LogP contribution in [-0.2, 0) is 9.84 Å². The van der Waals surface area contributed by atoms with Crippen molar-refractivity contribution in [3.8, 4) is 0 Å². The molecule has 1 N–H and O–H groups in total. The van der Waals surface area contributed by atoms with Crippen LogP contribution in [0.4, 0.5) is 0 Å². The van der Waals surface area contributed by atoms with E-state index in [4.69, 9.17) is 0 Å². The minimum absolute atomic E-state index is 0.259. The Morgan fingerprint density at radius 1 is 0.972 bits per heavy atom. The number of hydrogen-bond acceptors (Lipinski definition) is 3. The number of benzene rings is 1. The predicted molar refractivity (Wildman–Crippen MR) is 147 cm³/mol. The highest BCUT2D eigenvalue weighted by Crippen LogP contribution is 2.64. The molecule has 0 aromatic heterocycles. The molecule has 7 unspecified atom stereocenters. The molecule has 0 bridgehead atoms. The first-order valence-electron chi connectivity index (χ1n) is 14.7. The molecule has 0 radical (unpaired) electrons. The quantitative estimate of drug-likeness (QED) is 0.383. The van der Waals surface area contributed by atoms with Crippen LogP contribution in [0.3, 0.4) is 0 Å². The van der Waals surface area contributed by atoms with Gasteiger partial charge in [0.05, 0.1) is 15.7 Å². The van der Waals surface area contributed by atoms with Gasteiger partial charge in [-0.3, -0.25) is 0 Å². The summed E-state index contributed by atoms with van der Waals surface area (Å²) in [4.78, 5) is 0.500. The Morgan fingerprint density at radius 3 is 2.44 bits per heavy atom. The van der Waals surface area contributed by atoms with Crippen LogP contribution in [0.1, 0.15) is 98.3 Å². The standard InChI is InChI=1S/C32H48O3S/c1-22(2)10-13-26(36(34,35)25-8-6-5-7-9-25)20-24-12-15-30-29-14-11-23-21-31(3,33)18-16-27(23)28(29)17-19-32(24,30)4/h5-9,11,22,24,26-30,33H,10,12-21H2,1-4H3/t24?,26?,27?,28?,29?,30?,31-,32?/m0/s1. The van der Waals surface area contributed by atoms with E-state index in [0.29, 0.717) is 28.6 Å². The van der Waals surface area contributed by atoms with Crippen molar-refractivity contribution in [3.63, 3.8) is 0 Å². The summed E-state index contributed by atoms with van der Waals surface area (Å²) < 4.78 is 27.6. The van der Waals surface area contributed by atoms with Crippen LogP contribution in [0.5, 0.6) is 0 Å². The second kappa shape index (κ2) is 9.88. The van der Waals surface area contributed by atoms with E-state index in [-0.39, 0.29) is 10.7 Å². The molecule has 3 saturated carbocycles. The van der Waals surface area contributed by atoms with Crippen LogP contribution in [0.2, 0.25) is 0 Å². The monoisotopic (exact) mass is 512 g/mol. The fraction of sp³-hybridized carbons (Fsp3) is 0.750. The van der Waals surface area contributed by atoms with E-state index >= 15 is 0 Å². The topological polar surface area (TPSA) is 54.4 Å². The summed E-state index contributed by atoms with van der Waals surface area (Å²) in [5.41, 5.74) is 1.27. The van der Waals surface area contributed by atoms with Gasteiger partial charge in [0.2, 0.25) is 0 Å². The number of sulfone groups is 1. The summed E-state index contributed by atoms with van der Waals surface area (Å²) in [6.07, 6.45) is 14.1. The lowest BCUT2D eigenvalue weighted by Crippen LogP contribution is -2.47. The van der Waals surface area contributed by atoms with Crippen LogP contribution < -0.4 is 0 Å². The lowest BCUT2D eigenvalue weighted by molar-refractivity contribution is -0.0340. The van der Waals surface area contributed by atoms with Crippen molar-refractivity contribution in [2.45, 2.75) is 114 Å². The smallest absolute Gasteiger partial charge is 0.181 e. The van der Waals surface area contributed by atoms with Gasteiger partial charge in [-0.15, -0.1) is 0 Å². The fourth-order valence-electron chi connectivity index (χ4n) is 9.00. The highest BCUT2D eigenvalue weighted by molar-refractivity contribution is 7.92. The molecule has 4 aliphatic carbocycles. The molecule has 0 saturated heterocycles. The van der Waals surface area contributed by atoms with Crippen molar-refractivity contribution in [1.29, 1.82) is 0 Å². The zero-order valence-corrected chi connectivity index (χ0v) is 23.8. The Morgan fingerprint density at radius 2 is 1.72 bits per heavy atom.